The Balaban J connectivity index is 1.59. The van der Waals surface area contributed by atoms with Gasteiger partial charge in [0, 0.05) is 12.2 Å². The zero-order chi connectivity index (χ0) is 26.8. The van der Waals surface area contributed by atoms with Crippen LogP contribution in [0, 0.1) is 0 Å². The Morgan fingerprint density at radius 1 is 0.763 bits per heavy atom. The van der Waals surface area contributed by atoms with Crippen molar-refractivity contribution in [3.63, 3.8) is 0 Å². The molecule has 0 spiro atoms. The van der Waals surface area contributed by atoms with E-state index in [4.69, 9.17) is 4.74 Å². The third-order valence-electron chi connectivity index (χ3n) is 5.49. The zero-order valence-corrected chi connectivity index (χ0v) is 21.3. The average molecular weight is 531 g/mol. The fraction of sp³-hybridized carbons (Fsp3) is 0.143. The zero-order valence-electron chi connectivity index (χ0n) is 20.5. The van der Waals surface area contributed by atoms with E-state index < -0.39 is 21.8 Å². The van der Waals surface area contributed by atoms with E-state index in [2.05, 4.69) is 10.3 Å². The van der Waals surface area contributed by atoms with Crippen LogP contribution >= 0.6 is 0 Å². The molecular formula is C28H26N4O5S. The van der Waals surface area contributed by atoms with E-state index in [1.54, 1.807) is 53.5 Å². The van der Waals surface area contributed by atoms with Crippen LogP contribution in [0.4, 0.5) is 5.69 Å². The molecule has 1 heterocycles. The number of rotatable bonds is 8. The first kappa shape index (κ1) is 26.6. The summed E-state index contributed by atoms with van der Waals surface area (Å²) in [6, 6.07) is 23.3. The Morgan fingerprint density at radius 3 is 1.76 bits per heavy atom. The van der Waals surface area contributed by atoms with Gasteiger partial charge in [-0.2, -0.15) is 4.31 Å². The number of nitrogens with zero attached hydrogens (tertiary/aromatic N) is 4. The summed E-state index contributed by atoms with van der Waals surface area (Å²) in [6.45, 7) is 2.35. The van der Waals surface area contributed by atoms with Gasteiger partial charge in [-0.25, -0.2) is 8.42 Å². The van der Waals surface area contributed by atoms with Gasteiger partial charge in [0.1, 0.15) is 0 Å². The summed E-state index contributed by atoms with van der Waals surface area (Å²) in [7, 11) is -4.53. The summed E-state index contributed by atoms with van der Waals surface area (Å²) in [6.07, 6.45) is 5.03. The molecule has 0 atom stereocenters. The Morgan fingerprint density at radius 2 is 1.26 bits per heavy atom. The second kappa shape index (κ2) is 12.7. The number of benzene rings is 3. The lowest BCUT2D eigenvalue weighted by Gasteiger charge is -2.22. The molecule has 1 aliphatic rings. The van der Waals surface area contributed by atoms with Crippen LogP contribution in [0.2, 0.25) is 0 Å². The van der Waals surface area contributed by atoms with E-state index in [9.17, 15) is 18.0 Å². The lowest BCUT2D eigenvalue weighted by Crippen LogP contribution is -2.39. The minimum Gasteiger partial charge on any atom is -0.378 e. The molecular weight excluding hydrogens is 504 g/mol. The van der Waals surface area contributed by atoms with Crippen molar-refractivity contribution in [2.45, 2.75) is 4.90 Å². The van der Waals surface area contributed by atoms with Crippen molar-refractivity contribution in [1.82, 2.24) is 9.31 Å². The highest BCUT2D eigenvalue weighted by molar-refractivity contribution is 7.90. The van der Waals surface area contributed by atoms with E-state index >= 15 is 0 Å². The van der Waals surface area contributed by atoms with E-state index in [-0.39, 0.29) is 9.20 Å². The van der Waals surface area contributed by atoms with Crippen LogP contribution in [-0.2, 0) is 24.3 Å². The third-order valence-corrected chi connectivity index (χ3v) is 7.19. The second-order valence-corrected chi connectivity index (χ2v) is 9.97. The van der Waals surface area contributed by atoms with Crippen molar-refractivity contribution >= 4 is 39.7 Å². The van der Waals surface area contributed by atoms with E-state index in [1.165, 1.54) is 36.4 Å². The molecule has 1 saturated heterocycles. The maximum atomic E-state index is 13.5. The van der Waals surface area contributed by atoms with Crippen molar-refractivity contribution in [2.75, 3.05) is 26.3 Å². The third kappa shape index (κ3) is 7.09. The molecule has 0 bridgehead atoms. The summed E-state index contributed by atoms with van der Waals surface area (Å²) in [5.41, 5.74) is 1.79. The van der Waals surface area contributed by atoms with Gasteiger partial charge in [-0.15, -0.1) is 5.11 Å². The molecule has 10 heteroatoms. The molecule has 0 aromatic heterocycles. The first-order chi connectivity index (χ1) is 18.4. The fourth-order valence-corrected chi connectivity index (χ4v) is 4.78. The summed E-state index contributed by atoms with van der Waals surface area (Å²) < 4.78 is 32.5. The SMILES string of the molecule is O=C(C=Cc1ccccc1)N(C(=O)C=Cc1ccccc1)S(=O)(=O)c1ccc(N=NN2CCOCC2)cc1. The van der Waals surface area contributed by atoms with Crippen molar-refractivity contribution in [1.29, 1.82) is 0 Å². The maximum Gasteiger partial charge on any atom is 0.273 e. The molecule has 0 unspecified atom stereocenters. The Labute approximate surface area is 221 Å². The summed E-state index contributed by atoms with van der Waals surface area (Å²) in [5.74, 6) is -1.99. The molecule has 0 radical (unpaired) electrons. The Hall–Kier alpha value is -4.41. The van der Waals surface area contributed by atoms with Gasteiger partial charge in [0.25, 0.3) is 21.8 Å². The van der Waals surface area contributed by atoms with Crippen LogP contribution in [-0.4, -0.2) is 55.8 Å². The molecule has 3 aromatic rings. The van der Waals surface area contributed by atoms with Crippen LogP contribution in [0.15, 0.2) is 112 Å². The molecule has 2 amide bonds. The van der Waals surface area contributed by atoms with Gasteiger partial charge in [0.15, 0.2) is 0 Å². The minimum atomic E-state index is -4.53. The largest absolute Gasteiger partial charge is 0.378 e. The van der Waals surface area contributed by atoms with Crippen LogP contribution in [0.5, 0.6) is 0 Å². The standard InChI is InChI=1S/C28H26N4O5S/c33-27(17-11-23-7-3-1-4-8-23)32(28(34)18-12-24-9-5-2-6-10-24)38(35,36)26-15-13-25(14-16-26)29-30-31-19-21-37-22-20-31/h1-18H,19-22H2. The Bertz CT molecular complexity index is 1370. The van der Waals surface area contributed by atoms with Gasteiger partial charge in [-0.1, -0.05) is 65.9 Å². The molecule has 0 N–H and O–H groups in total. The molecule has 0 saturated carbocycles. The average Bonchev–Trinajstić information content (AvgIpc) is 2.96. The predicted octanol–water partition coefficient (Wildman–Crippen LogP) is 4.49. The van der Waals surface area contributed by atoms with Crippen LogP contribution in [0.1, 0.15) is 11.1 Å². The number of hydrogen-bond acceptors (Lipinski definition) is 7. The highest BCUT2D eigenvalue weighted by atomic mass is 32.2. The number of sulfonamides is 1. The lowest BCUT2D eigenvalue weighted by molar-refractivity contribution is -0.132. The van der Waals surface area contributed by atoms with E-state index in [0.29, 0.717) is 43.1 Å². The van der Waals surface area contributed by atoms with Crippen LogP contribution in [0.3, 0.4) is 0 Å². The summed E-state index contributed by atoms with van der Waals surface area (Å²) in [4.78, 5) is 25.9. The fourth-order valence-electron chi connectivity index (χ4n) is 3.49. The number of ether oxygens (including phenoxy) is 1. The smallest absolute Gasteiger partial charge is 0.273 e. The van der Waals surface area contributed by atoms with Gasteiger partial charge in [-0.05, 0) is 47.5 Å². The minimum absolute atomic E-state index is 0.231. The van der Waals surface area contributed by atoms with Gasteiger partial charge in [0.2, 0.25) is 0 Å². The molecule has 1 fully saturated rings. The van der Waals surface area contributed by atoms with Crippen LogP contribution < -0.4 is 0 Å². The first-order valence-corrected chi connectivity index (χ1v) is 13.3. The van der Waals surface area contributed by atoms with Crippen molar-refractivity contribution in [2.24, 2.45) is 10.3 Å². The maximum absolute atomic E-state index is 13.5. The van der Waals surface area contributed by atoms with Crippen LogP contribution in [0.25, 0.3) is 12.2 Å². The first-order valence-electron chi connectivity index (χ1n) is 11.9. The quantitative estimate of drug-likeness (QED) is 0.314. The van der Waals surface area contributed by atoms with Gasteiger partial charge < -0.3 is 4.74 Å². The van der Waals surface area contributed by atoms with Gasteiger partial charge in [-0.3, -0.25) is 14.6 Å². The van der Waals surface area contributed by atoms with Crippen molar-refractivity contribution in [3.05, 3.63) is 108 Å². The Kier molecular flexibility index (Phi) is 8.91. The molecule has 0 aliphatic carbocycles. The number of morpholine rings is 1. The van der Waals surface area contributed by atoms with Gasteiger partial charge >= 0.3 is 0 Å². The van der Waals surface area contributed by atoms with E-state index in [0.717, 1.165) is 12.2 Å². The monoisotopic (exact) mass is 530 g/mol. The number of amides is 2. The molecule has 1 aliphatic heterocycles. The topological polar surface area (TPSA) is 109 Å². The number of imide groups is 1. The van der Waals surface area contributed by atoms with E-state index in [1.807, 2.05) is 12.1 Å². The number of hydrogen-bond donors (Lipinski definition) is 0. The molecule has 4 rings (SSSR count). The highest BCUT2D eigenvalue weighted by Crippen LogP contribution is 2.22. The molecule has 9 nitrogen and oxygen atoms in total. The number of carbonyl (C=O) groups excluding carboxylic acids is 2. The summed E-state index contributed by atoms with van der Waals surface area (Å²) in [5, 5.41) is 10.0. The molecule has 194 valence electrons. The van der Waals surface area contributed by atoms with Crippen molar-refractivity contribution in [3.8, 4) is 0 Å². The molecule has 38 heavy (non-hydrogen) atoms. The summed E-state index contributed by atoms with van der Waals surface area (Å²) >= 11 is 0. The highest BCUT2D eigenvalue weighted by Gasteiger charge is 2.33. The second-order valence-electron chi connectivity index (χ2n) is 8.18. The number of carbonyl (C=O) groups is 2. The predicted molar refractivity (Wildman–Crippen MR) is 143 cm³/mol. The normalized spacial score (nSPS) is 14.4. The van der Waals surface area contributed by atoms with Crippen molar-refractivity contribution < 1.29 is 22.7 Å². The molecule has 3 aromatic carbocycles. The lowest BCUT2D eigenvalue weighted by atomic mass is 10.2. The van der Waals surface area contributed by atoms with Gasteiger partial charge in [0.05, 0.1) is 36.9 Å².